The summed E-state index contributed by atoms with van der Waals surface area (Å²) in [7, 11) is 1.64. The Labute approximate surface area is 142 Å². The first-order valence-electron chi connectivity index (χ1n) is 7.93. The summed E-state index contributed by atoms with van der Waals surface area (Å²) in [5.74, 6) is 0.737. The molecule has 1 aromatic heterocycles. The van der Waals surface area contributed by atoms with E-state index in [9.17, 15) is 5.11 Å². The fraction of sp³-hybridized carbons (Fsp3) is 0.250. The van der Waals surface area contributed by atoms with Gasteiger partial charge in [0.05, 0.1) is 19.1 Å². The third-order valence-electron chi connectivity index (χ3n) is 4.31. The first-order chi connectivity index (χ1) is 11.5. The summed E-state index contributed by atoms with van der Waals surface area (Å²) in [6.45, 7) is 6.15. The molecular weight excluding hydrogens is 300 g/mol. The number of aryl methyl sites for hydroxylation is 3. The van der Waals surface area contributed by atoms with Crippen molar-refractivity contribution in [3.05, 3.63) is 76.9 Å². The predicted octanol–water partition coefficient (Wildman–Crippen LogP) is 3.89. The minimum Gasteiger partial charge on any atom is -0.495 e. The maximum absolute atomic E-state index is 11.0. The molecule has 0 bridgehead atoms. The van der Waals surface area contributed by atoms with Crippen molar-refractivity contribution in [1.29, 1.82) is 0 Å². The largest absolute Gasteiger partial charge is 0.495 e. The molecule has 0 spiro atoms. The van der Waals surface area contributed by atoms with Crippen molar-refractivity contribution in [2.75, 3.05) is 7.11 Å². The van der Waals surface area contributed by atoms with E-state index in [1.54, 1.807) is 19.6 Å². The Balaban J connectivity index is 2.09. The van der Waals surface area contributed by atoms with E-state index in [0.29, 0.717) is 0 Å². The average Bonchev–Trinajstić information content (AvgIpc) is 3.07. The third-order valence-corrected chi connectivity index (χ3v) is 4.31. The molecule has 4 heteroatoms. The Bertz CT molecular complexity index is 831. The number of benzene rings is 2. The number of rotatable bonds is 4. The second-order valence-electron chi connectivity index (χ2n) is 6.12. The topological polar surface area (TPSA) is 47.3 Å². The van der Waals surface area contributed by atoms with Gasteiger partial charge in [0.25, 0.3) is 0 Å². The van der Waals surface area contributed by atoms with Gasteiger partial charge in [0, 0.05) is 12.4 Å². The van der Waals surface area contributed by atoms with Crippen molar-refractivity contribution in [3.63, 3.8) is 0 Å². The highest BCUT2D eigenvalue weighted by atomic mass is 16.5. The molecule has 1 heterocycles. The highest BCUT2D eigenvalue weighted by Crippen LogP contribution is 2.32. The van der Waals surface area contributed by atoms with E-state index < -0.39 is 6.10 Å². The van der Waals surface area contributed by atoms with Gasteiger partial charge in [0.1, 0.15) is 11.9 Å². The predicted molar refractivity (Wildman–Crippen MR) is 94.8 cm³/mol. The van der Waals surface area contributed by atoms with Gasteiger partial charge in [0.15, 0.2) is 0 Å². The highest BCUT2D eigenvalue weighted by molar-refractivity contribution is 5.52. The van der Waals surface area contributed by atoms with E-state index in [-0.39, 0.29) is 0 Å². The van der Waals surface area contributed by atoms with Gasteiger partial charge in [-0.05, 0) is 55.2 Å². The summed E-state index contributed by atoms with van der Waals surface area (Å²) < 4.78 is 7.32. The van der Waals surface area contributed by atoms with Gasteiger partial charge in [0.2, 0.25) is 0 Å². The molecular formula is C20H22N2O2. The number of imidazole rings is 1. The zero-order valence-corrected chi connectivity index (χ0v) is 14.4. The van der Waals surface area contributed by atoms with E-state index in [2.05, 4.69) is 24.0 Å². The Morgan fingerprint density at radius 1 is 1.08 bits per heavy atom. The zero-order chi connectivity index (χ0) is 17.3. The molecule has 24 heavy (non-hydrogen) atoms. The summed E-state index contributed by atoms with van der Waals surface area (Å²) in [6.07, 6.45) is 4.61. The lowest BCUT2D eigenvalue weighted by molar-refractivity contribution is 0.218. The molecule has 1 atom stereocenters. The standard InChI is InChI=1S/C20H22N2O2/c1-13-9-14(2)19(15(3)10-13)20(23)16-5-6-18(24-4)17(11-16)22-8-7-21-12-22/h5-12,20,23H,1-4H3. The Morgan fingerprint density at radius 3 is 2.38 bits per heavy atom. The number of hydrogen-bond acceptors (Lipinski definition) is 3. The average molecular weight is 322 g/mol. The van der Waals surface area contributed by atoms with Crippen LogP contribution in [0.4, 0.5) is 0 Å². The number of aliphatic hydroxyl groups is 1. The number of methoxy groups -OCH3 is 1. The molecule has 124 valence electrons. The van der Waals surface area contributed by atoms with Gasteiger partial charge in [-0.15, -0.1) is 0 Å². The second kappa shape index (κ2) is 6.49. The number of ether oxygens (including phenoxy) is 1. The maximum atomic E-state index is 11.0. The fourth-order valence-electron chi connectivity index (χ4n) is 3.27. The lowest BCUT2D eigenvalue weighted by Gasteiger charge is -2.19. The van der Waals surface area contributed by atoms with E-state index in [0.717, 1.165) is 33.7 Å². The molecule has 3 rings (SSSR count). The van der Waals surface area contributed by atoms with Gasteiger partial charge >= 0.3 is 0 Å². The minimum absolute atomic E-state index is 0.682. The van der Waals surface area contributed by atoms with E-state index >= 15 is 0 Å². The molecule has 3 aromatic rings. The lowest BCUT2D eigenvalue weighted by atomic mass is 9.91. The van der Waals surface area contributed by atoms with Crippen LogP contribution in [0.25, 0.3) is 5.69 Å². The van der Waals surface area contributed by atoms with Crippen molar-refractivity contribution in [2.45, 2.75) is 26.9 Å². The van der Waals surface area contributed by atoms with Gasteiger partial charge in [-0.1, -0.05) is 23.8 Å². The van der Waals surface area contributed by atoms with E-state index in [4.69, 9.17) is 4.74 Å². The van der Waals surface area contributed by atoms with Crippen LogP contribution in [0.5, 0.6) is 5.75 Å². The Hall–Kier alpha value is -2.59. The molecule has 1 unspecified atom stereocenters. The number of nitrogens with zero attached hydrogens (tertiary/aromatic N) is 2. The minimum atomic E-state index is -0.682. The van der Waals surface area contributed by atoms with Crippen molar-refractivity contribution in [2.24, 2.45) is 0 Å². The van der Waals surface area contributed by atoms with Gasteiger partial charge in [-0.25, -0.2) is 4.98 Å². The fourth-order valence-corrected chi connectivity index (χ4v) is 3.27. The molecule has 0 aliphatic rings. The molecule has 4 nitrogen and oxygen atoms in total. The van der Waals surface area contributed by atoms with Crippen molar-refractivity contribution in [3.8, 4) is 11.4 Å². The first kappa shape index (κ1) is 16.3. The molecule has 0 saturated carbocycles. The Kier molecular flexibility index (Phi) is 4.40. The van der Waals surface area contributed by atoms with E-state index in [1.807, 2.05) is 42.8 Å². The smallest absolute Gasteiger partial charge is 0.142 e. The van der Waals surface area contributed by atoms with Crippen molar-refractivity contribution in [1.82, 2.24) is 9.55 Å². The normalized spacial score (nSPS) is 12.2. The van der Waals surface area contributed by atoms with Gasteiger partial charge in [-0.3, -0.25) is 0 Å². The van der Waals surface area contributed by atoms with Crippen LogP contribution in [-0.2, 0) is 0 Å². The highest BCUT2D eigenvalue weighted by Gasteiger charge is 2.18. The van der Waals surface area contributed by atoms with Crippen LogP contribution in [0.15, 0.2) is 49.1 Å². The summed E-state index contributed by atoms with van der Waals surface area (Å²) >= 11 is 0. The second-order valence-corrected chi connectivity index (χ2v) is 6.12. The third kappa shape index (κ3) is 2.93. The van der Waals surface area contributed by atoms with Crippen LogP contribution < -0.4 is 4.74 Å². The van der Waals surface area contributed by atoms with Crippen LogP contribution in [0.3, 0.4) is 0 Å². The molecule has 2 aromatic carbocycles. The van der Waals surface area contributed by atoms with Crippen LogP contribution >= 0.6 is 0 Å². The molecule has 0 aliphatic carbocycles. The summed E-state index contributed by atoms with van der Waals surface area (Å²) in [5.41, 5.74) is 6.04. The summed E-state index contributed by atoms with van der Waals surface area (Å²) in [5, 5.41) is 11.0. The first-order valence-corrected chi connectivity index (χ1v) is 7.93. The maximum Gasteiger partial charge on any atom is 0.142 e. The monoisotopic (exact) mass is 322 g/mol. The SMILES string of the molecule is COc1ccc(C(O)c2c(C)cc(C)cc2C)cc1-n1ccnc1. The number of hydrogen-bond donors (Lipinski definition) is 1. The lowest BCUT2D eigenvalue weighted by Crippen LogP contribution is -2.06. The zero-order valence-electron chi connectivity index (χ0n) is 14.4. The summed E-state index contributed by atoms with van der Waals surface area (Å²) in [4.78, 5) is 4.09. The molecule has 0 fully saturated rings. The van der Waals surface area contributed by atoms with Crippen molar-refractivity contribution >= 4 is 0 Å². The number of aliphatic hydroxyl groups excluding tert-OH is 1. The van der Waals surface area contributed by atoms with E-state index in [1.165, 1.54) is 5.56 Å². The summed E-state index contributed by atoms with van der Waals surface area (Å²) in [6, 6.07) is 9.94. The Morgan fingerprint density at radius 2 is 1.79 bits per heavy atom. The van der Waals surface area contributed by atoms with Gasteiger partial charge < -0.3 is 14.4 Å². The van der Waals surface area contributed by atoms with Crippen LogP contribution in [0.2, 0.25) is 0 Å². The molecule has 0 radical (unpaired) electrons. The van der Waals surface area contributed by atoms with Crippen LogP contribution in [0.1, 0.15) is 33.9 Å². The molecule has 0 saturated heterocycles. The van der Waals surface area contributed by atoms with Crippen molar-refractivity contribution < 1.29 is 9.84 Å². The van der Waals surface area contributed by atoms with Gasteiger partial charge in [-0.2, -0.15) is 0 Å². The molecule has 1 N–H and O–H groups in total. The van der Waals surface area contributed by atoms with Crippen LogP contribution in [0, 0.1) is 20.8 Å². The molecule has 0 amide bonds. The quantitative estimate of drug-likeness (QED) is 0.793. The van der Waals surface area contributed by atoms with Crippen LogP contribution in [-0.4, -0.2) is 21.8 Å². The molecule has 0 aliphatic heterocycles. The number of aromatic nitrogens is 2.